The first-order valence-electron chi connectivity index (χ1n) is 8.36. The van der Waals surface area contributed by atoms with Gasteiger partial charge in [-0.1, -0.05) is 48.2 Å². The van der Waals surface area contributed by atoms with Crippen molar-refractivity contribution in [1.29, 1.82) is 0 Å². The Hall–Kier alpha value is -0.540. The lowest BCUT2D eigenvalue weighted by molar-refractivity contribution is 0.0202. The largest absolute Gasteiger partial charge is 0.487 e. The molecule has 116 valence electrons. The average molecular weight is 352 g/mol. The van der Waals surface area contributed by atoms with Crippen molar-refractivity contribution in [2.24, 2.45) is 11.7 Å². The summed E-state index contributed by atoms with van der Waals surface area (Å²) < 4.78 is 7.58. The summed E-state index contributed by atoms with van der Waals surface area (Å²) in [4.78, 5) is 0. The van der Waals surface area contributed by atoms with Crippen molar-refractivity contribution < 1.29 is 4.74 Å². The molecule has 0 bridgehead atoms. The molecule has 2 nitrogen and oxygen atoms in total. The van der Waals surface area contributed by atoms with Crippen LogP contribution in [0.3, 0.4) is 0 Å². The Kier molecular flexibility index (Phi) is 4.60. The van der Waals surface area contributed by atoms with E-state index in [1.807, 2.05) is 0 Å². The smallest absolute Gasteiger partial charge is 0.126 e. The Morgan fingerprint density at radius 1 is 1.33 bits per heavy atom. The number of ether oxygens (including phenoxy) is 1. The van der Waals surface area contributed by atoms with Crippen molar-refractivity contribution in [3.05, 3.63) is 28.2 Å². The fourth-order valence-corrected chi connectivity index (χ4v) is 4.48. The number of hydrogen-bond donors (Lipinski definition) is 1. The van der Waals surface area contributed by atoms with Gasteiger partial charge in [0.15, 0.2) is 0 Å². The number of nitrogens with two attached hydrogens (primary N) is 1. The minimum absolute atomic E-state index is 0.0182. The third-order valence-corrected chi connectivity index (χ3v) is 5.74. The Morgan fingerprint density at radius 3 is 3.00 bits per heavy atom. The van der Waals surface area contributed by atoms with Crippen LogP contribution in [0, 0.1) is 5.92 Å². The summed E-state index contributed by atoms with van der Waals surface area (Å²) in [6.45, 7) is 2.29. The number of hydrogen-bond acceptors (Lipinski definition) is 2. The lowest BCUT2D eigenvalue weighted by Gasteiger charge is -2.41. The molecule has 0 amide bonds. The van der Waals surface area contributed by atoms with Gasteiger partial charge < -0.3 is 10.5 Å². The molecule has 1 saturated carbocycles. The normalized spacial score (nSPS) is 32.3. The van der Waals surface area contributed by atoms with E-state index < -0.39 is 0 Å². The van der Waals surface area contributed by atoms with Crippen LogP contribution in [0.5, 0.6) is 5.75 Å². The molecular formula is C18H26BrNO. The zero-order valence-corrected chi connectivity index (χ0v) is 14.5. The maximum Gasteiger partial charge on any atom is 0.126 e. The highest BCUT2D eigenvalue weighted by Gasteiger charge is 2.41. The fraction of sp³-hybridized carbons (Fsp3) is 0.667. The number of fused-ring (bicyclic) bond motifs is 1. The van der Waals surface area contributed by atoms with E-state index >= 15 is 0 Å². The maximum absolute atomic E-state index is 6.51. The van der Waals surface area contributed by atoms with Gasteiger partial charge in [0.1, 0.15) is 11.4 Å². The van der Waals surface area contributed by atoms with Gasteiger partial charge in [-0.15, -0.1) is 0 Å². The average Bonchev–Trinajstić information content (AvgIpc) is 2.62. The number of rotatable bonds is 2. The molecule has 3 atom stereocenters. The molecule has 1 aromatic carbocycles. The quantitative estimate of drug-likeness (QED) is 0.779. The SMILES string of the molecule is CCCC1CCCC2(CC1)C[C@@H](N)c1ccc(Br)cc1O2. The third kappa shape index (κ3) is 3.29. The Bertz CT molecular complexity index is 504. The van der Waals surface area contributed by atoms with Crippen molar-refractivity contribution in [2.45, 2.75) is 69.9 Å². The highest BCUT2D eigenvalue weighted by molar-refractivity contribution is 9.10. The van der Waals surface area contributed by atoms with Crippen LogP contribution in [0.15, 0.2) is 22.7 Å². The molecule has 2 aliphatic rings. The van der Waals surface area contributed by atoms with Gasteiger partial charge in [0.25, 0.3) is 0 Å². The molecule has 0 saturated heterocycles. The van der Waals surface area contributed by atoms with Gasteiger partial charge in [-0.2, -0.15) is 0 Å². The molecule has 2 unspecified atom stereocenters. The molecule has 3 rings (SSSR count). The zero-order valence-electron chi connectivity index (χ0n) is 12.9. The molecule has 21 heavy (non-hydrogen) atoms. The molecule has 1 aromatic rings. The van der Waals surface area contributed by atoms with Crippen LogP contribution in [0.2, 0.25) is 0 Å². The summed E-state index contributed by atoms with van der Waals surface area (Å²) in [5, 5.41) is 0. The number of benzene rings is 1. The number of halogens is 1. The summed E-state index contributed by atoms with van der Waals surface area (Å²) in [5.74, 6) is 1.88. The van der Waals surface area contributed by atoms with Crippen LogP contribution >= 0.6 is 15.9 Å². The van der Waals surface area contributed by atoms with E-state index in [0.717, 1.165) is 41.0 Å². The second-order valence-corrected chi connectivity index (χ2v) is 7.78. The zero-order chi connectivity index (χ0) is 14.9. The standard InChI is InChI=1S/C18H26BrNO/c1-2-4-13-5-3-9-18(10-8-13)12-16(20)15-7-6-14(19)11-17(15)21-18/h6-7,11,13,16H,2-5,8-10,12,20H2,1H3/t13?,16-,18?/m1/s1. The maximum atomic E-state index is 6.51. The fourth-order valence-electron chi connectivity index (χ4n) is 4.14. The Morgan fingerprint density at radius 2 is 2.19 bits per heavy atom. The van der Waals surface area contributed by atoms with Crippen LogP contribution in [0.4, 0.5) is 0 Å². The summed E-state index contributed by atoms with van der Waals surface area (Å²) in [7, 11) is 0. The topological polar surface area (TPSA) is 35.2 Å². The molecule has 0 radical (unpaired) electrons. The van der Waals surface area contributed by atoms with Crippen molar-refractivity contribution in [1.82, 2.24) is 0 Å². The van der Waals surface area contributed by atoms with Crippen molar-refractivity contribution in [3.8, 4) is 5.75 Å². The first kappa shape index (κ1) is 15.4. The highest BCUT2D eigenvalue weighted by Crippen LogP contribution is 2.46. The van der Waals surface area contributed by atoms with Gasteiger partial charge in [-0.05, 0) is 43.7 Å². The summed E-state index contributed by atoms with van der Waals surface area (Å²) in [6.07, 6.45) is 9.90. The van der Waals surface area contributed by atoms with Crippen LogP contribution in [0.1, 0.15) is 69.9 Å². The second kappa shape index (κ2) is 6.29. The summed E-state index contributed by atoms with van der Waals surface area (Å²) >= 11 is 3.55. The van der Waals surface area contributed by atoms with E-state index in [9.17, 15) is 0 Å². The molecule has 1 spiro atoms. The lowest BCUT2D eigenvalue weighted by Crippen LogP contribution is -2.42. The minimum Gasteiger partial charge on any atom is -0.487 e. The predicted molar refractivity (Wildman–Crippen MR) is 90.5 cm³/mol. The lowest BCUT2D eigenvalue weighted by atomic mass is 9.82. The van der Waals surface area contributed by atoms with Gasteiger partial charge >= 0.3 is 0 Å². The van der Waals surface area contributed by atoms with Gasteiger partial charge in [-0.3, -0.25) is 0 Å². The van der Waals surface area contributed by atoms with E-state index in [0.29, 0.717) is 0 Å². The molecule has 3 heteroatoms. The molecular weight excluding hydrogens is 326 g/mol. The monoisotopic (exact) mass is 351 g/mol. The molecule has 1 fully saturated rings. The predicted octanol–water partition coefficient (Wildman–Crippen LogP) is 5.35. The van der Waals surface area contributed by atoms with E-state index in [1.165, 1.54) is 32.1 Å². The van der Waals surface area contributed by atoms with E-state index in [2.05, 4.69) is 41.1 Å². The van der Waals surface area contributed by atoms with Gasteiger partial charge in [0.2, 0.25) is 0 Å². The van der Waals surface area contributed by atoms with Crippen LogP contribution < -0.4 is 10.5 Å². The van der Waals surface area contributed by atoms with Crippen molar-refractivity contribution in [2.75, 3.05) is 0 Å². The highest BCUT2D eigenvalue weighted by atomic mass is 79.9. The second-order valence-electron chi connectivity index (χ2n) is 6.86. The Labute approximate surface area is 136 Å². The first-order valence-corrected chi connectivity index (χ1v) is 9.15. The third-order valence-electron chi connectivity index (χ3n) is 5.24. The van der Waals surface area contributed by atoms with E-state index in [4.69, 9.17) is 10.5 Å². The van der Waals surface area contributed by atoms with E-state index in [1.54, 1.807) is 0 Å². The van der Waals surface area contributed by atoms with Crippen LogP contribution in [-0.4, -0.2) is 5.60 Å². The van der Waals surface area contributed by atoms with Crippen molar-refractivity contribution in [3.63, 3.8) is 0 Å². The Balaban J connectivity index is 1.80. The van der Waals surface area contributed by atoms with Crippen molar-refractivity contribution >= 4 is 15.9 Å². The van der Waals surface area contributed by atoms with Gasteiger partial charge in [-0.25, -0.2) is 0 Å². The summed E-state index contributed by atoms with van der Waals surface area (Å²) in [5.41, 5.74) is 7.60. The molecule has 1 aliphatic carbocycles. The first-order chi connectivity index (χ1) is 10.1. The van der Waals surface area contributed by atoms with Gasteiger partial charge in [0.05, 0.1) is 0 Å². The summed E-state index contributed by atoms with van der Waals surface area (Å²) in [6, 6.07) is 6.37. The van der Waals surface area contributed by atoms with Crippen LogP contribution in [-0.2, 0) is 0 Å². The molecule has 0 aromatic heterocycles. The minimum atomic E-state index is -0.0182. The molecule has 2 N–H and O–H groups in total. The van der Waals surface area contributed by atoms with Crippen LogP contribution in [0.25, 0.3) is 0 Å². The van der Waals surface area contributed by atoms with E-state index in [-0.39, 0.29) is 11.6 Å². The van der Waals surface area contributed by atoms with Gasteiger partial charge in [0, 0.05) is 22.5 Å². The molecule has 1 heterocycles. The molecule has 1 aliphatic heterocycles.